The van der Waals surface area contributed by atoms with Crippen molar-refractivity contribution < 1.29 is 4.79 Å². The summed E-state index contributed by atoms with van der Waals surface area (Å²) in [5, 5.41) is 0.630. The van der Waals surface area contributed by atoms with Crippen molar-refractivity contribution in [2.75, 3.05) is 0 Å². The highest BCUT2D eigenvalue weighted by atomic mass is 79.9. The van der Waals surface area contributed by atoms with Crippen LogP contribution in [0.4, 0.5) is 0 Å². The minimum absolute atomic E-state index is 0.0423. The van der Waals surface area contributed by atoms with E-state index < -0.39 is 5.91 Å². The number of rotatable bonds is 1. The van der Waals surface area contributed by atoms with Gasteiger partial charge >= 0.3 is 0 Å². The highest BCUT2D eigenvalue weighted by Gasteiger charge is 2.18. The molecule has 2 rings (SSSR count). The Balaban J connectivity index is 3.02. The van der Waals surface area contributed by atoms with E-state index in [2.05, 4.69) is 20.9 Å². The Bertz CT molecular complexity index is 659. The van der Waals surface area contributed by atoms with E-state index in [0.29, 0.717) is 9.86 Å². The first-order valence-corrected chi connectivity index (χ1v) is 5.46. The fourth-order valence-corrected chi connectivity index (χ4v) is 2.66. The highest BCUT2D eigenvalue weighted by Crippen LogP contribution is 2.31. The monoisotopic (exact) mass is 303 g/mol. The summed E-state index contributed by atoms with van der Waals surface area (Å²) >= 11 is 9.25. The number of aryl methyl sites for hydroxylation is 1. The third-order valence-corrected chi connectivity index (χ3v) is 3.24. The Morgan fingerprint density at radius 2 is 2.25 bits per heavy atom. The number of H-pyrrole nitrogens is 1. The number of nitrogens with one attached hydrogen (secondary N) is 1. The van der Waals surface area contributed by atoms with Crippen molar-refractivity contribution in [1.82, 2.24) is 9.55 Å². The molecule has 5 nitrogen and oxygen atoms in total. The molecule has 0 saturated heterocycles. The number of nitrogens with zero attached hydrogens (tertiary/aromatic N) is 1. The molecule has 0 spiro atoms. The van der Waals surface area contributed by atoms with Crippen molar-refractivity contribution in [2.45, 2.75) is 0 Å². The zero-order valence-corrected chi connectivity index (χ0v) is 10.5. The van der Waals surface area contributed by atoms with Gasteiger partial charge in [0.05, 0.1) is 5.02 Å². The van der Waals surface area contributed by atoms with Gasteiger partial charge in [-0.05, 0) is 15.9 Å². The van der Waals surface area contributed by atoms with Crippen molar-refractivity contribution in [2.24, 2.45) is 12.8 Å². The maximum Gasteiger partial charge on any atom is 0.274 e. The number of carbonyl (C=O) groups is 1. The minimum Gasteiger partial charge on any atom is -0.364 e. The number of pyridine rings is 1. The second kappa shape index (κ2) is 3.64. The average Bonchev–Trinajstić information content (AvgIpc) is 2.53. The minimum atomic E-state index is -0.699. The van der Waals surface area contributed by atoms with Gasteiger partial charge in [0, 0.05) is 23.1 Å². The molecule has 0 aliphatic carbocycles. The molecule has 3 N–H and O–H groups in total. The van der Waals surface area contributed by atoms with Crippen LogP contribution in [-0.2, 0) is 7.05 Å². The molecule has 0 aliphatic rings. The molecule has 2 aromatic rings. The molecule has 16 heavy (non-hydrogen) atoms. The lowest BCUT2D eigenvalue weighted by Gasteiger charge is -1.99. The first kappa shape index (κ1) is 11.2. The number of carbonyl (C=O) groups excluding carboxylic acids is 1. The molecule has 7 heteroatoms. The van der Waals surface area contributed by atoms with Gasteiger partial charge in [0.1, 0.15) is 11.2 Å². The molecule has 0 aromatic carbocycles. The van der Waals surface area contributed by atoms with Gasteiger partial charge in [-0.2, -0.15) is 0 Å². The molecule has 0 bridgehead atoms. The fourth-order valence-electron chi connectivity index (χ4n) is 1.50. The molecule has 0 unspecified atom stereocenters. The Hall–Kier alpha value is -1.27. The summed E-state index contributed by atoms with van der Waals surface area (Å²) in [6.45, 7) is 0. The molecule has 1 amide bonds. The van der Waals surface area contributed by atoms with E-state index in [1.807, 2.05) is 0 Å². The molecule has 0 aliphatic heterocycles. The number of hydrogen-bond donors (Lipinski definition) is 2. The van der Waals surface area contributed by atoms with E-state index in [1.54, 1.807) is 13.2 Å². The van der Waals surface area contributed by atoms with Crippen LogP contribution in [0, 0.1) is 0 Å². The van der Waals surface area contributed by atoms with E-state index in [4.69, 9.17) is 17.3 Å². The van der Waals surface area contributed by atoms with Crippen LogP contribution in [0.2, 0.25) is 5.02 Å². The number of hydrogen-bond acceptors (Lipinski definition) is 2. The van der Waals surface area contributed by atoms with E-state index in [9.17, 15) is 9.59 Å². The Morgan fingerprint density at radius 1 is 1.62 bits per heavy atom. The predicted molar refractivity (Wildman–Crippen MR) is 64.8 cm³/mol. The first-order valence-electron chi connectivity index (χ1n) is 4.29. The summed E-state index contributed by atoms with van der Waals surface area (Å²) in [7, 11) is 1.60. The number of amides is 1. The van der Waals surface area contributed by atoms with E-state index in [0.717, 1.165) is 0 Å². The summed E-state index contributed by atoms with van der Waals surface area (Å²) in [4.78, 5) is 25.5. The van der Waals surface area contributed by atoms with Gasteiger partial charge in [-0.15, -0.1) is 0 Å². The zero-order chi connectivity index (χ0) is 12.0. The zero-order valence-electron chi connectivity index (χ0n) is 8.17. The number of aromatic amines is 1. The van der Waals surface area contributed by atoms with Crippen LogP contribution >= 0.6 is 27.5 Å². The Kier molecular flexibility index (Phi) is 2.55. The summed E-state index contributed by atoms with van der Waals surface area (Å²) < 4.78 is 2.00. The van der Waals surface area contributed by atoms with Crippen LogP contribution in [0.25, 0.3) is 10.9 Å². The largest absolute Gasteiger partial charge is 0.364 e. The van der Waals surface area contributed by atoms with Gasteiger partial charge in [-0.1, -0.05) is 11.6 Å². The molecule has 84 valence electrons. The van der Waals surface area contributed by atoms with Crippen molar-refractivity contribution >= 4 is 44.3 Å². The second-order valence-corrected chi connectivity index (χ2v) is 4.55. The number of fused-ring (bicyclic) bond motifs is 1. The lowest BCUT2D eigenvalue weighted by Crippen LogP contribution is -2.16. The number of halogens is 2. The van der Waals surface area contributed by atoms with Crippen LogP contribution < -0.4 is 11.3 Å². The van der Waals surface area contributed by atoms with E-state index in [1.165, 1.54) is 4.57 Å². The predicted octanol–water partition coefficient (Wildman–Crippen LogP) is 1.38. The Morgan fingerprint density at radius 3 is 2.81 bits per heavy atom. The van der Waals surface area contributed by atoms with Crippen molar-refractivity contribution in [3.05, 3.63) is 31.7 Å². The number of primary amides is 1. The third-order valence-electron chi connectivity index (χ3n) is 2.27. The molecule has 0 radical (unpaired) electrons. The maximum atomic E-state index is 11.8. The van der Waals surface area contributed by atoms with Crippen molar-refractivity contribution in [3.8, 4) is 0 Å². The van der Waals surface area contributed by atoms with Gasteiger partial charge < -0.3 is 15.3 Å². The topological polar surface area (TPSA) is 80.9 Å². The SMILES string of the molecule is Cn1cc(Br)c2c(Cl)c(C(N)=O)[nH]c2c1=O. The van der Waals surface area contributed by atoms with Crippen LogP contribution in [0.5, 0.6) is 0 Å². The molecule has 0 saturated carbocycles. The number of nitrogens with two attached hydrogens (primary N) is 1. The summed E-state index contributed by atoms with van der Waals surface area (Å²) in [5.74, 6) is -0.699. The lowest BCUT2D eigenvalue weighted by atomic mass is 10.3. The molecular formula is C9H7BrClN3O2. The van der Waals surface area contributed by atoms with Gasteiger partial charge in [-0.25, -0.2) is 0 Å². The van der Waals surface area contributed by atoms with Crippen molar-refractivity contribution in [1.29, 1.82) is 0 Å². The van der Waals surface area contributed by atoms with Gasteiger partial charge in [-0.3, -0.25) is 9.59 Å². The van der Waals surface area contributed by atoms with Crippen molar-refractivity contribution in [3.63, 3.8) is 0 Å². The molecule has 0 atom stereocenters. The van der Waals surface area contributed by atoms with E-state index >= 15 is 0 Å². The van der Waals surface area contributed by atoms with Crippen LogP contribution in [-0.4, -0.2) is 15.5 Å². The standard InChI is InChI=1S/C9H7BrClN3O2/c1-14-2-3(10)4-5(11)7(8(12)15)13-6(4)9(14)16/h2,13H,1H3,(H2,12,15). The molecule has 2 aromatic heterocycles. The second-order valence-electron chi connectivity index (χ2n) is 3.32. The van der Waals surface area contributed by atoms with Crippen LogP contribution in [0.3, 0.4) is 0 Å². The van der Waals surface area contributed by atoms with Gasteiger partial charge in [0.25, 0.3) is 11.5 Å². The number of aromatic nitrogens is 2. The van der Waals surface area contributed by atoms with E-state index in [-0.39, 0.29) is 21.8 Å². The smallest absolute Gasteiger partial charge is 0.274 e. The maximum absolute atomic E-state index is 11.8. The van der Waals surface area contributed by atoms with Crippen LogP contribution in [0.15, 0.2) is 15.5 Å². The third kappa shape index (κ3) is 1.45. The lowest BCUT2D eigenvalue weighted by molar-refractivity contribution is 0.0996. The highest BCUT2D eigenvalue weighted by molar-refractivity contribution is 9.10. The molecule has 2 heterocycles. The summed E-state index contributed by atoms with van der Waals surface area (Å²) in [5.41, 5.74) is 5.17. The quantitative estimate of drug-likeness (QED) is 0.834. The normalized spacial score (nSPS) is 10.9. The average molecular weight is 305 g/mol. The first-order chi connectivity index (χ1) is 7.43. The van der Waals surface area contributed by atoms with Gasteiger partial charge in [0.2, 0.25) is 0 Å². The molecule has 0 fully saturated rings. The van der Waals surface area contributed by atoms with Gasteiger partial charge in [0.15, 0.2) is 0 Å². The summed E-state index contributed by atoms with van der Waals surface area (Å²) in [6, 6.07) is 0. The fraction of sp³-hybridized carbons (Fsp3) is 0.111. The Labute approximate surface area is 103 Å². The molecular weight excluding hydrogens is 297 g/mol. The summed E-state index contributed by atoms with van der Waals surface area (Å²) in [6.07, 6.45) is 1.58. The van der Waals surface area contributed by atoms with Crippen LogP contribution in [0.1, 0.15) is 10.5 Å².